The number of hydrogen-bond acceptors (Lipinski definition) is 6. The molecule has 0 bridgehead atoms. The second-order valence-electron chi connectivity index (χ2n) is 7.55. The van der Waals surface area contributed by atoms with Gasteiger partial charge in [-0.25, -0.2) is 4.79 Å². The largest absolute Gasteiger partial charge is 0.457 e. The number of esters is 1. The molecule has 0 heterocycles. The quantitative estimate of drug-likeness (QED) is 0.351. The van der Waals surface area contributed by atoms with Gasteiger partial charge in [-0.15, -0.1) is 0 Å². The summed E-state index contributed by atoms with van der Waals surface area (Å²) < 4.78 is 10.0. The second-order valence-corrected chi connectivity index (χ2v) is 7.55. The molecule has 0 atom stereocenters. The van der Waals surface area contributed by atoms with Gasteiger partial charge >= 0.3 is 12.1 Å². The number of aryl methyl sites for hydroxylation is 1. The number of amides is 2. The molecule has 0 aromatic heterocycles. The van der Waals surface area contributed by atoms with E-state index in [4.69, 9.17) is 9.47 Å². The first-order chi connectivity index (χ1) is 13.6. The molecule has 160 valence electrons. The van der Waals surface area contributed by atoms with Crippen LogP contribution in [0.5, 0.6) is 0 Å². The van der Waals surface area contributed by atoms with Gasteiger partial charge in [0, 0.05) is 25.6 Å². The van der Waals surface area contributed by atoms with E-state index in [1.807, 2.05) is 12.1 Å². The van der Waals surface area contributed by atoms with Gasteiger partial charge in [0.25, 0.3) is 0 Å². The van der Waals surface area contributed by atoms with Gasteiger partial charge in [-0.05, 0) is 39.2 Å². The van der Waals surface area contributed by atoms with Gasteiger partial charge in [-0.1, -0.05) is 24.3 Å². The highest BCUT2D eigenvalue weighted by Gasteiger charge is 2.16. The van der Waals surface area contributed by atoms with E-state index < -0.39 is 17.7 Å². The average molecular weight is 406 g/mol. The lowest BCUT2D eigenvalue weighted by Crippen LogP contribution is -2.33. The predicted octanol–water partition coefficient (Wildman–Crippen LogP) is 2.40. The third-order valence-corrected chi connectivity index (χ3v) is 3.65. The van der Waals surface area contributed by atoms with Gasteiger partial charge in [-0.2, -0.15) is 0 Å². The van der Waals surface area contributed by atoms with Crippen molar-refractivity contribution in [1.29, 1.82) is 0 Å². The number of hydrogen-bond donors (Lipinski definition) is 2. The minimum Gasteiger partial charge on any atom is -0.457 e. The van der Waals surface area contributed by atoms with Gasteiger partial charge in [0.15, 0.2) is 12.4 Å². The Bertz CT molecular complexity index is 707. The van der Waals surface area contributed by atoms with Gasteiger partial charge < -0.3 is 20.1 Å². The minimum absolute atomic E-state index is 0.0545. The van der Waals surface area contributed by atoms with Crippen molar-refractivity contribution < 1.29 is 28.7 Å². The molecule has 0 saturated carbocycles. The fraction of sp³-hybridized carbons (Fsp3) is 0.524. The molecule has 0 unspecified atom stereocenters. The first-order valence-corrected chi connectivity index (χ1v) is 9.56. The predicted molar refractivity (Wildman–Crippen MR) is 108 cm³/mol. The summed E-state index contributed by atoms with van der Waals surface area (Å²) in [6, 6.07) is 7.06. The molecule has 8 nitrogen and oxygen atoms in total. The van der Waals surface area contributed by atoms with Gasteiger partial charge in [0.2, 0.25) is 5.91 Å². The van der Waals surface area contributed by atoms with Crippen LogP contribution in [0.25, 0.3) is 0 Å². The number of ether oxygens (including phenoxy) is 2. The standard InChI is InChI=1S/C21H30N2O6/c1-15(24)22-12-5-6-16-7-9-17(10-8-16)18(25)14-28-19(26)11-13-23-20(27)29-21(2,3)4/h7-10H,5-6,11-14H2,1-4H3,(H,22,24)(H,23,27). The highest BCUT2D eigenvalue weighted by Crippen LogP contribution is 2.08. The number of rotatable bonds is 10. The van der Waals surface area contributed by atoms with Crippen molar-refractivity contribution in [2.24, 2.45) is 0 Å². The van der Waals surface area contributed by atoms with E-state index in [1.54, 1.807) is 32.9 Å². The molecule has 29 heavy (non-hydrogen) atoms. The molecule has 0 aliphatic carbocycles. The second kappa shape index (κ2) is 11.8. The molecule has 1 aromatic carbocycles. The minimum atomic E-state index is -0.613. The first kappa shape index (κ1) is 24.1. The Morgan fingerprint density at radius 1 is 0.966 bits per heavy atom. The van der Waals surface area contributed by atoms with E-state index in [0.29, 0.717) is 12.1 Å². The molecule has 8 heteroatoms. The zero-order valence-corrected chi connectivity index (χ0v) is 17.5. The first-order valence-electron chi connectivity index (χ1n) is 9.56. The molecule has 1 rings (SSSR count). The van der Waals surface area contributed by atoms with Crippen LogP contribution in [0.2, 0.25) is 0 Å². The summed E-state index contributed by atoms with van der Waals surface area (Å²) in [5.41, 5.74) is 0.894. The van der Waals surface area contributed by atoms with Gasteiger partial charge in [0.05, 0.1) is 6.42 Å². The maximum Gasteiger partial charge on any atom is 0.407 e. The Morgan fingerprint density at radius 3 is 2.21 bits per heavy atom. The van der Waals surface area contributed by atoms with Crippen LogP contribution >= 0.6 is 0 Å². The Kier molecular flexibility index (Phi) is 9.85. The number of carbonyl (C=O) groups is 4. The molecular formula is C21H30N2O6. The Hall–Kier alpha value is -2.90. The molecule has 0 aliphatic heterocycles. The summed E-state index contributed by atoms with van der Waals surface area (Å²) in [7, 11) is 0. The third-order valence-electron chi connectivity index (χ3n) is 3.65. The summed E-state index contributed by atoms with van der Waals surface area (Å²) in [5.74, 6) is -0.937. The third kappa shape index (κ3) is 11.5. The topological polar surface area (TPSA) is 111 Å². The van der Waals surface area contributed by atoms with Crippen molar-refractivity contribution in [2.75, 3.05) is 19.7 Å². The maximum absolute atomic E-state index is 12.1. The van der Waals surface area contributed by atoms with Crippen molar-refractivity contribution >= 4 is 23.8 Å². The van der Waals surface area contributed by atoms with E-state index in [2.05, 4.69) is 10.6 Å². The zero-order chi connectivity index (χ0) is 21.9. The molecule has 0 radical (unpaired) electrons. The molecule has 0 fully saturated rings. The van der Waals surface area contributed by atoms with Crippen LogP contribution in [0.3, 0.4) is 0 Å². The van der Waals surface area contributed by atoms with Crippen LogP contribution in [0.1, 0.15) is 56.5 Å². The molecule has 1 aromatic rings. The van der Waals surface area contributed by atoms with Gasteiger partial charge in [-0.3, -0.25) is 14.4 Å². The Labute approximate surface area is 171 Å². The lowest BCUT2D eigenvalue weighted by molar-refractivity contribution is -0.142. The average Bonchev–Trinajstić information content (AvgIpc) is 2.62. The SMILES string of the molecule is CC(=O)NCCCc1ccc(C(=O)COC(=O)CCNC(=O)OC(C)(C)C)cc1. The molecule has 0 saturated heterocycles. The molecule has 0 aliphatic rings. The van der Waals surface area contributed by atoms with Crippen molar-refractivity contribution in [3.05, 3.63) is 35.4 Å². The number of Topliss-reactive ketones (excluding diaryl/α,β-unsaturated/α-hetero) is 1. The van der Waals surface area contributed by atoms with Crippen molar-refractivity contribution in [1.82, 2.24) is 10.6 Å². The number of ketones is 1. The highest BCUT2D eigenvalue weighted by molar-refractivity contribution is 5.97. The maximum atomic E-state index is 12.1. The lowest BCUT2D eigenvalue weighted by atomic mass is 10.1. The molecule has 0 spiro atoms. The fourth-order valence-corrected chi connectivity index (χ4v) is 2.30. The zero-order valence-electron chi connectivity index (χ0n) is 17.5. The van der Waals surface area contributed by atoms with Crippen LogP contribution in [0.4, 0.5) is 4.79 Å². The number of carbonyl (C=O) groups excluding carboxylic acids is 4. The summed E-state index contributed by atoms with van der Waals surface area (Å²) in [4.78, 5) is 46.1. The fourth-order valence-electron chi connectivity index (χ4n) is 2.30. The monoisotopic (exact) mass is 406 g/mol. The van der Waals surface area contributed by atoms with Crippen molar-refractivity contribution in [3.63, 3.8) is 0 Å². The number of alkyl carbamates (subject to hydrolysis) is 1. The summed E-state index contributed by atoms with van der Waals surface area (Å²) in [6.07, 6.45) is 0.925. The molecule has 2 amide bonds. The van der Waals surface area contributed by atoms with Crippen LogP contribution in [0, 0.1) is 0 Å². The smallest absolute Gasteiger partial charge is 0.407 e. The number of benzene rings is 1. The Balaban J connectivity index is 2.28. The normalized spacial score (nSPS) is 10.8. The van der Waals surface area contributed by atoms with Crippen molar-refractivity contribution in [2.45, 2.75) is 52.6 Å². The van der Waals surface area contributed by atoms with Gasteiger partial charge in [0.1, 0.15) is 5.60 Å². The van der Waals surface area contributed by atoms with Crippen LogP contribution < -0.4 is 10.6 Å². The summed E-state index contributed by atoms with van der Waals surface area (Å²) in [5, 5.41) is 5.18. The number of nitrogens with one attached hydrogen (secondary N) is 2. The Morgan fingerprint density at radius 2 is 1.62 bits per heavy atom. The van der Waals surface area contributed by atoms with Crippen molar-refractivity contribution in [3.8, 4) is 0 Å². The van der Waals surface area contributed by atoms with E-state index in [0.717, 1.165) is 18.4 Å². The highest BCUT2D eigenvalue weighted by atomic mass is 16.6. The molecular weight excluding hydrogens is 376 g/mol. The van der Waals surface area contributed by atoms with Crippen LogP contribution in [-0.4, -0.2) is 49.1 Å². The van der Waals surface area contributed by atoms with Crippen LogP contribution in [0.15, 0.2) is 24.3 Å². The summed E-state index contributed by atoms with van der Waals surface area (Å²) >= 11 is 0. The van der Waals surface area contributed by atoms with E-state index in [-0.39, 0.29) is 31.3 Å². The van der Waals surface area contributed by atoms with E-state index in [9.17, 15) is 19.2 Å². The molecule has 2 N–H and O–H groups in total. The van der Waals surface area contributed by atoms with E-state index >= 15 is 0 Å². The van der Waals surface area contributed by atoms with Crippen LogP contribution in [-0.2, 0) is 25.5 Å². The van der Waals surface area contributed by atoms with E-state index in [1.165, 1.54) is 6.92 Å². The lowest BCUT2D eigenvalue weighted by Gasteiger charge is -2.19. The summed E-state index contributed by atoms with van der Waals surface area (Å²) in [6.45, 7) is 7.02.